The summed E-state index contributed by atoms with van der Waals surface area (Å²) in [7, 11) is 0. The van der Waals surface area contributed by atoms with Gasteiger partial charge >= 0.3 is 0 Å². The van der Waals surface area contributed by atoms with Crippen LogP contribution in [0.1, 0.15) is 25.0 Å². The monoisotopic (exact) mass is 382 g/mol. The number of hydrazone groups is 2. The maximum atomic E-state index is 11.8. The molecule has 140 valence electrons. The number of hydrogen-bond donors (Lipinski definition) is 2. The molecule has 0 heterocycles. The van der Waals surface area contributed by atoms with Crippen molar-refractivity contribution in [1.29, 1.82) is 0 Å². The van der Waals surface area contributed by atoms with Crippen LogP contribution in [0, 0.1) is 0 Å². The summed E-state index contributed by atoms with van der Waals surface area (Å²) in [6, 6.07) is 19.2. The van der Waals surface area contributed by atoms with Gasteiger partial charge in [-0.25, -0.2) is 10.9 Å². The van der Waals surface area contributed by atoms with Crippen LogP contribution in [0.2, 0.25) is 0 Å². The normalized spacial score (nSPS) is 11.8. The van der Waals surface area contributed by atoms with Crippen molar-refractivity contribution in [1.82, 2.24) is 10.9 Å². The Morgan fingerprint density at radius 2 is 1.11 bits per heavy atom. The van der Waals surface area contributed by atoms with E-state index in [0.717, 1.165) is 22.6 Å². The van der Waals surface area contributed by atoms with Gasteiger partial charge in [-0.15, -0.1) is 11.8 Å². The van der Waals surface area contributed by atoms with Crippen LogP contribution in [0.25, 0.3) is 0 Å². The Morgan fingerprint density at radius 1 is 0.741 bits per heavy atom. The molecule has 0 aliphatic rings. The van der Waals surface area contributed by atoms with E-state index >= 15 is 0 Å². The molecule has 6 nitrogen and oxygen atoms in total. The zero-order valence-electron chi connectivity index (χ0n) is 15.3. The molecule has 2 amide bonds. The highest BCUT2D eigenvalue weighted by Crippen LogP contribution is 2.02. The molecule has 0 saturated heterocycles. The Hall–Kier alpha value is -2.93. The lowest BCUT2D eigenvalue weighted by Crippen LogP contribution is -2.24. The molecule has 7 heteroatoms. The minimum atomic E-state index is -0.257. The molecule has 2 N–H and O–H groups in total. The molecule has 0 saturated carbocycles. The molecule has 0 fully saturated rings. The molecule has 27 heavy (non-hydrogen) atoms. The van der Waals surface area contributed by atoms with Crippen LogP contribution < -0.4 is 10.9 Å². The van der Waals surface area contributed by atoms with Gasteiger partial charge in [-0.05, 0) is 25.0 Å². The van der Waals surface area contributed by atoms with Gasteiger partial charge in [-0.2, -0.15) is 10.2 Å². The molecule has 2 aromatic rings. The zero-order chi connectivity index (χ0) is 19.5. The number of carbonyl (C=O) groups is 2. The van der Waals surface area contributed by atoms with E-state index in [0.29, 0.717) is 0 Å². The smallest absolute Gasteiger partial charge is 0.250 e. The van der Waals surface area contributed by atoms with Gasteiger partial charge in [0, 0.05) is 0 Å². The fourth-order valence-electron chi connectivity index (χ4n) is 2.08. The van der Waals surface area contributed by atoms with Gasteiger partial charge in [0.2, 0.25) is 11.8 Å². The highest BCUT2D eigenvalue weighted by molar-refractivity contribution is 8.00. The number of amides is 2. The summed E-state index contributed by atoms with van der Waals surface area (Å²) in [5.74, 6) is -0.236. The number of nitrogens with one attached hydrogen (secondary N) is 2. The summed E-state index contributed by atoms with van der Waals surface area (Å²) in [4.78, 5) is 23.6. The highest BCUT2D eigenvalue weighted by Gasteiger charge is 2.05. The summed E-state index contributed by atoms with van der Waals surface area (Å²) in [5, 5.41) is 8.13. The fraction of sp³-hybridized carbons (Fsp3) is 0.200. The minimum absolute atomic E-state index is 0.139. The zero-order valence-corrected chi connectivity index (χ0v) is 16.1. The molecule has 0 spiro atoms. The number of rotatable bonds is 8. The molecule has 0 aliphatic carbocycles. The molecule has 0 atom stereocenters. The maximum Gasteiger partial charge on any atom is 0.250 e. The number of hydrogen-bond acceptors (Lipinski definition) is 5. The second-order valence-electron chi connectivity index (χ2n) is 5.69. The van der Waals surface area contributed by atoms with Gasteiger partial charge in [0.1, 0.15) is 0 Å². The first-order valence-electron chi connectivity index (χ1n) is 8.41. The number of carbonyl (C=O) groups excluding carboxylic acids is 2. The van der Waals surface area contributed by atoms with E-state index in [-0.39, 0.29) is 23.3 Å². The van der Waals surface area contributed by atoms with Crippen molar-refractivity contribution >= 4 is 35.0 Å². The minimum Gasteiger partial charge on any atom is -0.272 e. The number of thioether (sulfide) groups is 1. The highest BCUT2D eigenvalue weighted by atomic mass is 32.2. The van der Waals surface area contributed by atoms with Crippen LogP contribution >= 0.6 is 11.8 Å². The lowest BCUT2D eigenvalue weighted by atomic mass is 10.1. The van der Waals surface area contributed by atoms with Gasteiger partial charge in [0.25, 0.3) is 0 Å². The van der Waals surface area contributed by atoms with Crippen molar-refractivity contribution in [3.63, 3.8) is 0 Å². The average Bonchev–Trinajstić information content (AvgIpc) is 2.71. The van der Waals surface area contributed by atoms with Crippen molar-refractivity contribution < 1.29 is 9.59 Å². The first-order chi connectivity index (χ1) is 13.1. The van der Waals surface area contributed by atoms with E-state index in [1.54, 1.807) is 0 Å². The summed E-state index contributed by atoms with van der Waals surface area (Å²) in [6.45, 7) is 3.65. The predicted octanol–water partition coefficient (Wildman–Crippen LogP) is 2.80. The third-order valence-electron chi connectivity index (χ3n) is 3.55. The summed E-state index contributed by atoms with van der Waals surface area (Å²) < 4.78 is 0. The van der Waals surface area contributed by atoms with Crippen LogP contribution in [0.5, 0.6) is 0 Å². The maximum absolute atomic E-state index is 11.8. The Balaban J connectivity index is 1.69. The van der Waals surface area contributed by atoms with Gasteiger partial charge < -0.3 is 0 Å². The lowest BCUT2D eigenvalue weighted by Gasteiger charge is -2.04. The Kier molecular flexibility index (Phi) is 8.25. The largest absolute Gasteiger partial charge is 0.272 e. The standard InChI is InChI=1S/C20H22N4O2S/c1-15(17-9-5-3-6-10-17)21-23-19(25)13-27-14-20(26)24-22-16(2)18-11-7-4-8-12-18/h3-12H,13-14H2,1-2H3,(H,23,25)(H,24,26)/b21-15-,22-16-. The summed E-state index contributed by atoms with van der Waals surface area (Å²) >= 11 is 1.20. The SMILES string of the molecule is C/C(=N/NC(=O)CSCC(=O)N/N=C(/C)c1ccccc1)c1ccccc1. The molecule has 2 aromatic carbocycles. The number of nitrogens with zero attached hydrogens (tertiary/aromatic N) is 2. The van der Waals surface area contributed by atoms with Crippen LogP contribution in [-0.2, 0) is 9.59 Å². The Morgan fingerprint density at radius 3 is 1.48 bits per heavy atom. The van der Waals surface area contributed by atoms with E-state index in [2.05, 4.69) is 21.1 Å². The van der Waals surface area contributed by atoms with Crippen LogP contribution in [-0.4, -0.2) is 34.7 Å². The first-order valence-corrected chi connectivity index (χ1v) is 9.56. The predicted molar refractivity (Wildman–Crippen MR) is 111 cm³/mol. The summed E-state index contributed by atoms with van der Waals surface area (Å²) in [5.41, 5.74) is 8.31. The summed E-state index contributed by atoms with van der Waals surface area (Å²) in [6.07, 6.45) is 0. The molecule has 2 rings (SSSR count). The molecule has 0 unspecified atom stereocenters. The third-order valence-corrected chi connectivity index (χ3v) is 4.48. The second kappa shape index (κ2) is 10.9. The Labute approximate surface area is 163 Å². The van der Waals surface area contributed by atoms with Crippen molar-refractivity contribution in [2.24, 2.45) is 10.2 Å². The van der Waals surface area contributed by atoms with Crippen molar-refractivity contribution in [3.05, 3.63) is 71.8 Å². The van der Waals surface area contributed by atoms with Crippen molar-refractivity contribution in [2.45, 2.75) is 13.8 Å². The average molecular weight is 382 g/mol. The van der Waals surface area contributed by atoms with E-state index in [9.17, 15) is 9.59 Å². The lowest BCUT2D eigenvalue weighted by molar-refractivity contribution is -0.118. The van der Waals surface area contributed by atoms with Crippen LogP contribution in [0.4, 0.5) is 0 Å². The van der Waals surface area contributed by atoms with E-state index < -0.39 is 0 Å². The van der Waals surface area contributed by atoms with E-state index in [1.807, 2.05) is 74.5 Å². The van der Waals surface area contributed by atoms with Crippen LogP contribution in [0.3, 0.4) is 0 Å². The molecular weight excluding hydrogens is 360 g/mol. The molecule has 0 bridgehead atoms. The molecule has 0 aliphatic heterocycles. The van der Waals surface area contributed by atoms with Gasteiger partial charge in [0.15, 0.2) is 0 Å². The van der Waals surface area contributed by atoms with E-state index in [1.165, 1.54) is 11.8 Å². The topological polar surface area (TPSA) is 82.9 Å². The fourth-order valence-corrected chi connectivity index (χ4v) is 2.68. The van der Waals surface area contributed by atoms with Gasteiger partial charge in [-0.3, -0.25) is 9.59 Å². The molecular formula is C20H22N4O2S. The van der Waals surface area contributed by atoms with Gasteiger partial charge in [-0.1, -0.05) is 60.7 Å². The first kappa shape index (κ1) is 20.4. The van der Waals surface area contributed by atoms with E-state index in [4.69, 9.17) is 0 Å². The van der Waals surface area contributed by atoms with Gasteiger partial charge in [0.05, 0.1) is 22.9 Å². The third kappa shape index (κ3) is 7.45. The van der Waals surface area contributed by atoms with Crippen molar-refractivity contribution in [3.8, 4) is 0 Å². The number of benzene rings is 2. The quantitative estimate of drug-likeness (QED) is 0.544. The second-order valence-corrected chi connectivity index (χ2v) is 6.67. The molecule has 0 radical (unpaired) electrons. The Bertz CT molecular complexity index is 751. The molecule has 0 aromatic heterocycles. The van der Waals surface area contributed by atoms with Crippen LogP contribution in [0.15, 0.2) is 70.9 Å². The van der Waals surface area contributed by atoms with Crippen molar-refractivity contribution in [2.75, 3.05) is 11.5 Å².